The van der Waals surface area contributed by atoms with Crippen molar-refractivity contribution in [2.75, 3.05) is 33.5 Å². The zero-order valence-corrected chi connectivity index (χ0v) is 9.26. The Labute approximate surface area is 91.2 Å². The van der Waals surface area contributed by atoms with Gasteiger partial charge in [-0.2, -0.15) is 0 Å². The van der Waals surface area contributed by atoms with E-state index in [2.05, 4.69) is 4.90 Å². The summed E-state index contributed by atoms with van der Waals surface area (Å²) >= 11 is 0. The lowest BCUT2D eigenvalue weighted by Crippen LogP contribution is -2.37. The number of hydrogen-bond acceptors (Lipinski definition) is 5. The highest BCUT2D eigenvalue weighted by atomic mass is 16.6. The number of likely N-dealkylation sites (tertiary alicyclic amines) is 1. The van der Waals surface area contributed by atoms with Crippen molar-refractivity contribution in [3.63, 3.8) is 0 Å². The maximum Gasteiger partial charge on any atom is 0.634 e. The summed E-state index contributed by atoms with van der Waals surface area (Å²) in [6.07, 6.45) is 3.39. The Balaban J connectivity index is 2.07. The van der Waals surface area contributed by atoms with Crippen LogP contribution in [0.15, 0.2) is 0 Å². The van der Waals surface area contributed by atoms with E-state index in [-0.39, 0.29) is 0 Å². The maximum absolute atomic E-state index is 8.54. The Bertz CT molecular complexity index is 162. The fraction of sp³-hybridized carbons (Fsp3) is 1.00. The normalized spacial score (nSPS) is 19.4. The van der Waals surface area contributed by atoms with E-state index < -0.39 is 7.32 Å². The van der Waals surface area contributed by atoms with Crippen LogP contribution in [0.5, 0.6) is 0 Å². The molecule has 1 rings (SSSR count). The first-order valence-corrected chi connectivity index (χ1v) is 5.41. The summed E-state index contributed by atoms with van der Waals surface area (Å²) in [5.74, 6) is 0.736. The molecule has 0 unspecified atom stereocenters. The molecule has 1 saturated heterocycles. The summed E-state index contributed by atoms with van der Waals surface area (Å²) in [5, 5.41) is 17.1. The van der Waals surface area contributed by atoms with Crippen LogP contribution < -0.4 is 0 Å². The van der Waals surface area contributed by atoms with Gasteiger partial charge in [0.2, 0.25) is 0 Å². The molecule has 1 fully saturated rings. The molecular formula is C9H20BNO4. The predicted molar refractivity (Wildman–Crippen MR) is 56.9 cm³/mol. The van der Waals surface area contributed by atoms with Crippen LogP contribution in [0.25, 0.3) is 0 Å². The van der Waals surface area contributed by atoms with E-state index in [1.807, 2.05) is 0 Å². The van der Waals surface area contributed by atoms with E-state index in [0.29, 0.717) is 6.73 Å². The number of hydrogen-bond donors (Lipinski definition) is 2. The third kappa shape index (κ3) is 5.48. The highest BCUT2D eigenvalue weighted by Crippen LogP contribution is 2.20. The highest BCUT2D eigenvalue weighted by molar-refractivity contribution is 6.32. The van der Waals surface area contributed by atoms with Gasteiger partial charge in [0.25, 0.3) is 0 Å². The fourth-order valence-electron chi connectivity index (χ4n) is 1.86. The number of ether oxygens (including phenoxy) is 1. The lowest BCUT2D eigenvalue weighted by molar-refractivity contribution is 0.0500. The standard InChI is InChI=1S/C9H20BNO4/c1-14-7-4-9-2-5-11(6-3-9)8-15-10(12)13/h9,12-13H,2-8H2,1H3. The summed E-state index contributed by atoms with van der Waals surface area (Å²) in [7, 11) is 0.0715. The molecule has 5 nitrogen and oxygen atoms in total. The second-order valence-electron chi connectivity index (χ2n) is 3.96. The van der Waals surface area contributed by atoms with Crippen molar-refractivity contribution in [1.29, 1.82) is 0 Å². The van der Waals surface area contributed by atoms with Gasteiger partial charge in [0.1, 0.15) is 0 Å². The van der Waals surface area contributed by atoms with Gasteiger partial charge < -0.3 is 19.4 Å². The van der Waals surface area contributed by atoms with Crippen LogP contribution in [0.2, 0.25) is 0 Å². The van der Waals surface area contributed by atoms with E-state index in [1.165, 1.54) is 0 Å². The quantitative estimate of drug-likeness (QED) is 0.597. The molecule has 0 aliphatic carbocycles. The first-order chi connectivity index (χ1) is 7.22. The van der Waals surface area contributed by atoms with E-state index in [1.54, 1.807) is 7.11 Å². The predicted octanol–water partition coefficient (Wildman–Crippen LogP) is -0.321. The molecule has 88 valence electrons. The molecule has 15 heavy (non-hydrogen) atoms. The van der Waals surface area contributed by atoms with Crippen LogP contribution in [-0.4, -0.2) is 55.8 Å². The van der Waals surface area contributed by atoms with Gasteiger partial charge >= 0.3 is 7.32 Å². The van der Waals surface area contributed by atoms with Crippen molar-refractivity contribution in [3.05, 3.63) is 0 Å². The zero-order chi connectivity index (χ0) is 11.1. The molecule has 0 saturated carbocycles. The van der Waals surface area contributed by atoms with Gasteiger partial charge in [0, 0.05) is 26.8 Å². The van der Waals surface area contributed by atoms with Gasteiger partial charge in [0.15, 0.2) is 0 Å². The van der Waals surface area contributed by atoms with Gasteiger partial charge in [-0.05, 0) is 25.2 Å². The minimum Gasteiger partial charge on any atom is -0.402 e. The molecule has 0 aromatic rings. The lowest BCUT2D eigenvalue weighted by atomic mass is 9.94. The third-order valence-corrected chi connectivity index (χ3v) is 2.84. The second kappa shape index (κ2) is 7.19. The summed E-state index contributed by atoms with van der Waals surface area (Å²) < 4.78 is 9.76. The van der Waals surface area contributed by atoms with Crippen LogP contribution in [0, 0.1) is 5.92 Å². The van der Waals surface area contributed by atoms with Gasteiger partial charge in [-0.1, -0.05) is 0 Å². The molecule has 0 spiro atoms. The van der Waals surface area contributed by atoms with E-state index in [4.69, 9.17) is 19.4 Å². The molecule has 0 aromatic carbocycles. The van der Waals surface area contributed by atoms with Gasteiger partial charge in [-0.3, -0.25) is 4.90 Å². The topological polar surface area (TPSA) is 62.2 Å². The Morgan fingerprint density at radius 1 is 1.33 bits per heavy atom. The van der Waals surface area contributed by atoms with E-state index in [0.717, 1.165) is 44.9 Å². The van der Waals surface area contributed by atoms with Crippen molar-refractivity contribution in [2.24, 2.45) is 5.92 Å². The monoisotopic (exact) mass is 217 g/mol. The van der Waals surface area contributed by atoms with Crippen LogP contribution >= 0.6 is 0 Å². The van der Waals surface area contributed by atoms with Gasteiger partial charge in [0.05, 0.1) is 6.73 Å². The summed E-state index contributed by atoms with van der Waals surface area (Å²) in [6, 6.07) is 0. The van der Waals surface area contributed by atoms with Gasteiger partial charge in [-0.15, -0.1) is 0 Å². The Kier molecular flexibility index (Phi) is 6.20. The van der Waals surface area contributed by atoms with Crippen LogP contribution in [0.4, 0.5) is 0 Å². The zero-order valence-electron chi connectivity index (χ0n) is 9.26. The fourth-order valence-corrected chi connectivity index (χ4v) is 1.86. The van der Waals surface area contributed by atoms with Crippen LogP contribution in [0.1, 0.15) is 19.3 Å². The average Bonchev–Trinajstić information content (AvgIpc) is 2.25. The Morgan fingerprint density at radius 2 is 2.00 bits per heavy atom. The number of methoxy groups -OCH3 is 1. The van der Waals surface area contributed by atoms with Crippen molar-refractivity contribution in [3.8, 4) is 0 Å². The Hall–Kier alpha value is -0.135. The van der Waals surface area contributed by atoms with E-state index in [9.17, 15) is 0 Å². The molecule has 0 aromatic heterocycles. The first kappa shape index (κ1) is 12.9. The molecule has 2 N–H and O–H groups in total. The number of piperidine rings is 1. The average molecular weight is 217 g/mol. The summed E-state index contributed by atoms with van der Waals surface area (Å²) in [6.45, 7) is 3.05. The lowest BCUT2D eigenvalue weighted by Gasteiger charge is -2.31. The first-order valence-electron chi connectivity index (χ1n) is 5.41. The number of rotatable bonds is 6. The smallest absolute Gasteiger partial charge is 0.402 e. The molecule has 1 heterocycles. The summed E-state index contributed by atoms with van der Waals surface area (Å²) in [5.41, 5.74) is 0. The third-order valence-electron chi connectivity index (χ3n) is 2.84. The molecule has 0 radical (unpaired) electrons. The number of nitrogens with zero attached hydrogens (tertiary/aromatic N) is 1. The molecule has 0 amide bonds. The highest BCUT2D eigenvalue weighted by Gasteiger charge is 2.20. The largest absolute Gasteiger partial charge is 0.634 e. The molecule has 6 heteroatoms. The van der Waals surface area contributed by atoms with Crippen molar-refractivity contribution < 1.29 is 19.4 Å². The van der Waals surface area contributed by atoms with Gasteiger partial charge in [-0.25, -0.2) is 0 Å². The molecular weight excluding hydrogens is 197 g/mol. The molecule has 1 aliphatic rings. The summed E-state index contributed by atoms with van der Waals surface area (Å²) in [4.78, 5) is 2.09. The minimum absolute atomic E-state index is 0.300. The van der Waals surface area contributed by atoms with E-state index >= 15 is 0 Å². The van der Waals surface area contributed by atoms with Crippen molar-refractivity contribution >= 4 is 7.32 Å². The maximum atomic E-state index is 8.54. The SMILES string of the molecule is COCCC1CCN(COB(O)O)CC1. The van der Waals surface area contributed by atoms with Crippen LogP contribution in [0.3, 0.4) is 0 Å². The second-order valence-corrected chi connectivity index (χ2v) is 3.96. The van der Waals surface area contributed by atoms with Crippen LogP contribution in [-0.2, 0) is 9.39 Å². The molecule has 0 bridgehead atoms. The Morgan fingerprint density at radius 3 is 2.53 bits per heavy atom. The molecule has 0 atom stereocenters. The minimum atomic E-state index is -1.66. The van der Waals surface area contributed by atoms with Crippen molar-refractivity contribution in [1.82, 2.24) is 4.90 Å². The molecule has 1 aliphatic heterocycles. The van der Waals surface area contributed by atoms with Crippen molar-refractivity contribution in [2.45, 2.75) is 19.3 Å².